The molecule has 0 bridgehead atoms. The lowest BCUT2D eigenvalue weighted by molar-refractivity contribution is 0.0703. The van der Waals surface area contributed by atoms with Crippen LogP contribution in [-0.2, 0) is 19.4 Å². The van der Waals surface area contributed by atoms with Gasteiger partial charge < -0.3 is 10.2 Å². The largest absolute Gasteiger partial charge is 0.341 e. The van der Waals surface area contributed by atoms with E-state index in [9.17, 15) is 14.9 Å². The number of hydrogen-bond donors (Lipinski definition) is 2. The summed E-state index contributed by atoms with van der Waals surface area (Å²) in [5, 5.41) is 19.9. The van der Waals surface area contributed by atoms with Crippen LogP contribution in [0, 0.1) is 29.1 Å². The Hall–Kier alpha value is -4.36. The minimum Gasteiger partial charge on any atom is -0.341 e. The van der Waals surface area contributed by atoms with E-state index in [1.807, 2.05) is 12.1 Å². The predicted octanol–water partition coefficient (Wildman–Crippen LogP) is 4.18. The second-order valence-electron chi connectivity index (χ2n) is 10.2. The summed E-state index contributed by atoms with van der Waals surface area (Å²) in [5.74, 6) is 2.02. The van der Waals surface area contributed by atoms with E-state index >= 15 is 0 Å². The molecule has 1 atom stereocenters. The van der Waals surface area contributed by atoms with Gasteiger partial charge >= 0.3 is 0 Å². The fourth-order valence-corrected chi connectivity index (χ4v) is 5.32. The van der Waals surface area contributed by atoms with E-state index in [-0.39, 0.29) is 30.2 Å². The summed E-state index contributed by atoms with van der Waals surface area (Å²) in [4.78, 5) is 27.3. The third-order valence-electron chi connectivity index (χ3n) is 7.04. The van der Waals surface area contributed by atoms with Gasteiger partial charge in [-0.25, -0.2) is 0 Å². The Morgan fingerprint density at radius 2 is 2.03 bits per heavy atom. The molecule has 0 saturated carbocycles. The number of fused-ring (bicyclic) bond motifs is 2. The monoisotopic (exact) mass is 477 g/mol. The molecule has 3 aromatic rings. The number of amides is 2. The van der Waals surface area contributed by atoms with Crippen LogP contribution >= 0.6 is 0 Å². The highest BCUT2D eigenvalue weighted by atomic mass is 16.2. The van der Waals surface area contributed by atoms with Crippen molar-refractivity contribution < 1.29 is 9.59 Å². The van der Waals surface area contributed by atoms with Gasteiger partial charge in [-0.3, -0.25) is 14.7 Å². The molecule has 2 N–H and O–H groups in total. The molecule has 0 spiro atoms. The van der Waals surface area contributed by atoms with Crippen LogP contribution in [0.5, 0.6) is 0 Å². The SMILES string of the molecule is C#CCNC(=O)c1ccc(C(CC#N)N2Cc3cc(-c4n[nH]c5c4CC(C)(C)C5)ccc3C2=O)cc1. The molecule has 1 unspecified atom stereocenters. The minimum absolute atomic E-state index is 0.0963. The van der Waals surface area contributed by atoms with E-state index in [1.165, 1.54) is 11.3 Å². The maximum Gasteiger partial charge on any atom is 0.255 e. The van der Waals surface area contributed by atoms with Crippen molar-refractivity contribution in [1.29, 1.82) is 5.26 Å². The van der Waals surface area contributed by atoms with Crippen LogP contribution in [0.3, 0.4) is 0 Å². The van der Waals surface area contributed by atoms with Crippen molar-refractivity contribution in [2.75, 3.05) is 6.54 Å². The molecular formula is C29H27N5O2. The lowest BCUT2D eigenvalue weighted by Gasteiger charge is -2.26. The topological polar surface area (TPSA) is 102 Å². The average molecular weight is 478 g/mol. The fourth-order valence-electron chi connectivity index (χ4n) is 5.32. The van der Waals surface area contributed by atoms with Gasteiger partial charge in [0, 0.05) is 34.5 Å². The van der Waals surface area contributed by atoms with Crippen molar-refractivity contribution in [1.82, 2.24) is 20.4 Å². The van der Waals surface area contributed by atoms with Crippen molar-refractivity contribution in [3.05, 3.63) is 76.0 Å². The van der Waals surface area contributed by atoms with Gasteiger partial charge in [0.2, 0.25) is 0 Å². The van der Waals surface area contributed by atoms with Gasteiger partial charge in [0.05, 0.1) is 30.8 Å². The Morgan fingerprint density at radius 1 is 1.25 bits per heavy atom. The number of terminal acetylenes is 1. The first-order chi connectivity index (χ1) is 17.3. The summed E-state index contributed by atoms with van der Waals surface area (Å²) in [5.41, 5.74) is 7.48. The zero-order valence-corrected chi connectivity index (χ0v) is 20.4. The molecule has 0 radical (unpaired) electrons. The number of nitrogens with zero attached hydrogens (tertiary/aromatic N) is 3. The second kappa shape index (κ2) is 9.02. The molecule has 7 heteroatoms. The number of aromatic nitrogens is 2. The molecule has 0 fully saturated rings. The lowest BCUT2D eigenvalue weighted by Crippen LogP contribution is -2.29. The number of hydrogen-bond acceptors (Lipinski definition) is 4. The van der Waals surface area contributed by atoms with Crippen molar-refractivity contribution in [2.24, 2.45) is 5.41 Å². The van der Waals surface area contributed by atoms with Gasteiger partial charge in [0.1, 0.15) is 0 Å². The number of carbonyl (C=O) groups is 2. The Kier molecular flexibility index (Phi) is 5.86. The van der Waals surface area contributed by atoms with E-state index < -0.39 is 6.04 Å². The summed E-state index contributed by atoms with van der Waals surface area (Å²) in [6.07, 6.45) is 7.30. The number of nitriles is 1. The lowest BCUT2D eigenvalue weighted by atomic mass is 9.90. The van der Waals surface area contributed by atoms with Crippen LogP contribution in [0.1, 0.15) is 69.4 Å². The Balaban J connectivity index is 1.40. The highest BCUT2D eigenvalue weighted by molar-refractivity contribution is 5.99. The van der Waals surface area contributed by atoms with Gasteiger partial charge in [0.15, 0.2) is 0 Å². The molecular weight excluding hydrogens is 450 g/mol. The molecule has 2 heterocycles. The zero-order chi connectivity index (χ0) is 25.4. The van der Waals surface area contributed by atoms with Crippen LogP contribution < -0.4 is 5.32 Å². The number of aromatic amines is 1. The molecule has 7 nitrogen and oxygen atoms in total. The summed E-state index contributed by atoms with van der Waals surface area (Å²) in [6.45, 7) is 5.08. The highest BCUT2D eigenvalue weighted by Gasteiger charge is 2.36. The van der Waals surface area contributed by atoms with E-state index in [4.69, 9.17) is 6.42 Å². The van der Waals surface area contributed by atoms with E-state index in [0.29, 0.717) is 17.7 Å². The van der Waals surface area contributed by atoms with Crippen LogP contribution in [0.15, 0.2) is 42.5 Å². The van der Waals surface area contributed by atoms with Crippen molar-refractivity contribution in [3.63, 3.8) is 0 Å². The fraction of sp³-hybridized carbons (Fsp3) is 0.310. The summed E-state index contributed by atoms with van der Waals surface area (Å²) in [7, 11) is 0. The van der Waals surface area contributed by atoms with E-state index in [2.05, 4.69) is 47.4 Å². The zero-order valence-electron chi connectivity index (χ0n) is 20.4. The first kappa shape index (κ1) is 23.4. The van der Waals surface area contributed by atoms with Crippen LogP contribution in [0.25, 0.3) is 11.3 Å². The van der Waals surface area contributed by atoms with Crippen LogP contribution in [0.4, 0.5) is 0 Å². The normalized spacial score (nSPS) is 16.1. The Bertz CT molecular complexity index is 1440. The van der Waals surface area contributed by atoms with Gasteiger partial charge in [0.25, 0.3) is 11.8 Å². The van der Waals surface area contributed by atoms with Gasteiger partial charge in [-0.05, 0) is 53.6 Å². The summed E-state index contributed by atoms with van der Waals surface area (Å²) < 4.78 is 0. The third-order valence-corrected chi connectivity index (χ3v) is 7.04. The highest BCUT2D eigenvalue weighted by Crippen LogP contribution is 2.41. The minimum atomic E-state index is -0.420. The molecule has 0 saturated heterocycles. The van der Waals surface area contributed by atoms with Crippen molar-refractivity contribution in [3.8, 4) is 29.7 Å². The summed E-state index contributed by atoms with van der Waals surface area (Å²) in [6, 6.07) is 14.7. The number of nitrogens with one attached hydrogen (secondary N) is 2. The van der Waals surface area contributed by atoms with Crippen LogP contribution in [-0.4, -0.2) is 33.5 Å². The predicted molar refractivity (Wildman–Crippen MR) is 136 cm³/mol. The molecule has 180 valence electrons. The van der Waals surface area contributed by atoms with Crippen molar-refractivity contribution >= 4 is 11.8 Å². The van der Waals surface area contributed by atoms with Gasteiger partial charge in [-0.1, -0.05) is 38.0 Å². The molecule has 1 aromatic heterocycles. The number of carbonyl (C=O) groups excluding carboxylic acids is 2. The van der Waals surface area contributed by atoms with Crippen LogP contribution in [0.2, 0.25) is 0 Å². The first-order valence-electron chi connectivity index (χ1n) is 12.0. The smallest absolute Gasteiger partial charge is 0.255 e. The maximum absolute atomic E-state index is 13.4. The van der Waals surface area contributed by atoms with Crippen molar-refractivity contribution in [2.45, 2.75) is 45.7 Å². The average Bonchev–Trinajstić information content (AvgIpc) is 3.50. The molecule has 1 aliphatic carbocycles. The third kappa shape index (κ3) is 4.14. The molecule has 1 aliphatic heterocycles. The summed E-state index contributed by atoms with van der Waals surface area (Å²) >= 11 is 0. The van der Waals surface area contributed by atoms with Gasteiger partial charge in [-0.15, -0.1) is 6.42 Å². The first-order valence-corrected chi connectivity index (χ1v) is 12.0. The maximum atomic E-state index is 13.4. The molecule has 5 rings (SSSR count). The molecule has 2 amide bonds. The molecule has 2 aromatic carbocycles. The Labute approximate surface area is 210 Å². The van der Waals surface area contributed by atoms with E-state index in [0.717, 1.165) is 35.2 Å². The second-order valence-corrected chi connectivity index (χ2v) is 10.2. The number of rotatable bonds is 6. The Morgan fingerprint density at radius 3 is 2.75 bits per heavy atom. The van der Waals surface area contributed by atoms with E-state index in [1.54, 1.807) is 29.2 Å². The quantitative estimate of drug-likeness (QED) is 0.520. The number of H-pyrrole nitrogens is 1. The standard InChI is InChI=1S/C29H27N5O2/c1-4-13-31-27(35)19-7-5-18(6-8-19)25(11-12-30)34-17-21-14-20(9-10-22(21)28(34)36)26-23-15-29(2,3)16-24(23)32-33-26/h1,5-10,14,25H,11,13,15-17H2,2-3H3,(H,31,35)(H,32,33). The molecule has 36 heavy (non-hydrogen) atoms. The number of benzene rings is 2. The molecule has 2 aliphatic rings. The van der Waals surface area contributed by atoms with Gasteiger partial charge in [-0.2, -0.15) is 10.4 Å².